The fraction of sp³-hybridized carbons (Fsp3) is 0.457. The number of likely N-dealkylation sites (tertiary alicyclic amines) is 2. The topological polar surface area (TPSA) is 53.0 Å². The molecule has 2 unspecified atom stereocenters. The molecule has 2 atom stereocenters. The number of benzene rings is 3. The number of Topliss-reactive ketones (excluding diaryl/α,β-unsaturated/α-hetero) is 1. The minimum absolute atomic E-state index is 0.136. The summed E-state index contributed by atoms with van der Waals surface area (Å²) in [6.45, 7) is 6.92. The van der Waals surface area contributed by atoms with Crippen LogP contribution >= 0.6 is 0 Å². The second-order valence-corrected chi connectivity index (χ2v) is 11.3. The molecule has 0 radical (unpaired) electrons. The van der Waals surface area contributed by atoms with Gasteiger partial charge < -0.3 is 19.6 Å². The predicted molar refractivity (Wildman–Crippen MR) is 161 cm³/mol. The van der Waals surface area contributed by atoms with Crippen molar-refractivity contribution >= 4 is 5.78 Å². The number of hydrogen-bond acceptors (Lipinski definition) is 5. The molecule has 2 fully saturated rings. The number of piperidine rings is 2. The summed E-state index contributed by atoms with van der Waals surface area (Å²) in [5.74, 6) is -0.260. The summed E-state index contributed by atoms with van der Waals surface area (Å²) in [5.41, 5.74) is 4.38. The molecule has 2 aliphatic rings. The molecule has 40 heavy (non-hydrogen) atoms. The molecule has 0 bridgehead atoms. The molecule has 0 aliphatic carbocycles. The molecule has 1 N–H and O–H groups in total. The van der Waals surface area contributed by atoms with Crippen molar-refractivity contribution in [3.8, 4) is 0 Å². The van der Waals surface area contributed by atoms with E-state index in [4.69, 9.17) is 4.74 Å². The molecule has 2 heterocycles. The van der Waals surface area contributed by atoms with Crippen LogP contribution in [0, 0.1) is 0 Å². The van der Waals surface area contributed by atoms with Crippen LogP contribution in [0.15, 0.2) is 78.9 Å². The van der Waals surface area contributed by atoms with Crippen molar-refractivity contribution in [1.82, 2.24) is 9.80 Å². The van der Waals surface area contributed by atoms with Gasteiger partial charge in [-0.15, -0.1) is 0 Å². The maximum Gasteiger partial charge on any atom is 0.196 e. The number of ketones is 1. The van der Waals surface area contributed by atoms with Crippen LogP contribution in [0.3, 0.4) is 0 Å². The third-order valence-corrected chi connectivity index (χ3v) is 8.46. The normalized spacial score (nSPS) is 18.3. The minimum Gasteiger partial charge on any atom is -0.380 e. The lowest BCUT2D eigenvalue weighted by atomic mass is 9.87. The van der Waals surface area contributed by atoms with Gasteiger partial charge in [0.05, 0.1) is 12.7 Å². The second-order valence-electron chi connectivity index (χ2n) is 11.3. The zero-order valence-corrected chi connectivity index (χ0v) is 23.7. The van der Waals surface area contributed by atoms with Crippen molar-refractivity contribution in [1.29, 1.82) is 0 Å². The lowest BCUT2D eigenvalue weighted by Crippen LogP contribution is -2.36. The van der Waals surface area contributed by atoms with Crippen molar-refractivity contribution in [3.63, 3.8) is 0 Å². The van der Waals surface area contributed by atoms with Gasteiger partial charge in [-0.1, -0.05) is 91.7 Å². The van der Waals surface area contributed by atoms with Gasteiger partial charge in [0.1, 0.15) is 6.10 Å². The van der Waals surface area contributed by atoms with E-state index in [-0.39, 0.29) is 11.9 Å². The lowest BCUT2D eigenvalue weighted by molar-refractivity contribution is 0.00760. The summed E-state index contributed by atoms with van der Waals surface area (Å²) in [5, 5.41) is 11.1. The number of nitrogens with zero attached hydrogens (tertiary/aromatic N) is 2. The van der Waals surface area contributed by atoms with Gasteiger partial charge in [-0.05, 0) is 80.5 Å². The van der Waals surface area contributed by atoms with Crippen LogP contribution in [0.5, 0.6) is 0 Å². The van der Waals surface area contributed by atoms with E-state index in [1.807, 2.05) is 60.7 Å². The summed E-state index contributed by atoms with van der Waals surface area (Å²) in [6, 6.07) is 25.5. The number of hydrogen-bond donors (Lipinski definition) is 1. The number of carbonyl (C=O) groups is 1. The van der Waals surface area contributed by atoms with Crippen LogP contribution in [0.25, 0.3) is 0 Å². The first kappa shape index (κ1) is 28.7. The van der Waals surface area contributed by atoms with Crippen molar-refractivity contribution in [2.45, 2.75) is 57.2 Å². The number of aliphatic hydroxyl groups is 1. The summed E-state index contributed by atoms with van der Waals surface area (Å²) in [7, 11) is 0. The highest BCUT2D eigenvalue weighted by molar-refractivity contribution is 6.01. The van der Waals surface area contributed by atoms with Gasteiger partial charge >= 0.3 is 0 Å². The van der Waals surface area contributed by atoms with Gasteiger partial charge in [-0.2, -0.15) is 0 Å². The van der Waals surface area contributed by atoms with Crippen molar-refractivity contribution < 1.29 is 14.6 Å². The Balaban J connectivity index is 1.47. The zero-order chi connectivity index (χ0) is 27.6. The Labute approximate surface area is 239 Å². The van der Waals surface area contributed by atoms with E-state index >= 15 is 0 Å². The molecule has 0 amide bonds. The third-order valence-electron chi connectivity index (χ3n) is 8.46. The largest absolute Gasteiger partial charge is 0.380 e. The molecule has 5 heteroatoms. The summed E-state index contributed by atoms with van der Waals surface area (Å²) < 4.78 is 6.73. The van der Waals surface area contributed by atoms with Gasteiger partial charge in [0, 0.05) is 18.7 Å². The maximum atomic E-state index is 13.8. The number of ether oxygens (including phenoxy) is 1. The first-order valence-electron chi connectivity index (χ1n) is 15.2. The Hall–Kier alpha value is -2.83. The Morgan fingerprint density at radius 2 is 1.38 bits per heavy atom. The van der Waals surface area contributed by atoms with E-state index in [1.165, 1.54) is 38.5 Å². The fourth-order valence-corrected chi connectivity index (χ4v) is 6.19. The molecule has 2 aliphatic heterocycles. The highest BCUT2D eigenvalue weighted by atomic mass is 16.5. The summed E-state index contributed by atoms with van der Waals surface area (Å²) in [6.07, 6.45) is 6.88. The molecule has 0 spiro atoms. The molecule has 0 aromatic heterocycles. The van der Waals surface area contributed by atoms with Crippen LogP contribution in [-0.4, -0.2) is 66.6 Å². The smallest absolute Gasteiger partial charge is 0.196 e. The Morgan fingerprint density at radius 1 is 0.750 bits per heavy atom. The van der Waals surface area contributed by atoms with E-state index < -0.39 is 6.10 Å². The maximum absolute atomic E-state index is 13.8. The van der Waals surface area contributed by atoms with Crippen LogP contribution < -0.4 is 0 Å². The van der Waals surface area contributed by atoms with E-state index in [9.17, 15) is 9.90 Å². The molecule has 5 rings (SSSR count). The van der Waals surface area contributed by atoms with Gasteiger partial charge in [0.2, 0.25) is 0 Å². The van der Waals surface area contributed by atoms with E-state index in [0.29, 0.717) is 24.2 Å². The van der Waals surface area contributed by atoms with E-state index in [2.05, 4.69) is 28.0 Å². The first-order chi connectivity index (χ1) is 19.7. The third kappa shape index (κ3) is 7.67. The first-order valence-corrected chi connectivity index (χ1v) is 15.2. The van der Waals surface area contributed by atoms with E-state index in [1.54, 1.807) is 0 Å². The van der Waals surface area contributed by atoms with Crippen molar-refractivity contribution in [3.05, 3.63) is 107 Å². The van der Waals surface area contributed by atoms with Gasteiger partial charge in [-0.25, -0.2) is 0 Å². The minimum atomic E-state index is -1.20. The highest BCUT2D eigenvalue weighted by Crippen LogP contribution is 2.31. The average molecular weight is 541 g/mol. The van der Waals surface area contributed by atoms with Gasteiger partial charge in [0.25, 0.3) is 0 Å². The lowest BCUT2D eigenvalue weighted by Gasteiger charge is -2.33. The Bertz CT molecular complexity index is 1190. The van der Waals surface area contributed by atoms with Crippen LogP contribution in [-0.2, 0) is 11.2 Å². The molecule has 3 aromatic rings. The SMILES string of the molecule is O=C(c1cccc(C(CN2CCCCC2)OCCN2CCCCC2)c1Cc1ccccc1)C(O)c1ccccc1. The quantitative estimate of drug-likeness (QED) is 0.276. The monoisotopic (exact) mass is 540 g/mol. The Morgan fingerprint density at radius 3 is 2.05 bits per heavy atom. The standard InChI is InChI=1S/C35H44N2O3/c38-34(29-16-7-2-8-17-29)35(39)31-19-13-18-30(32(31)26-28-14-5-1-6-15-28)33(27-37-22-11-4-12-23-37)40-25-24-36-20-9-3-10-21-36/h1-2,5-8,13-19,33-34,38H,3-4,9-12,20-27H2. The molecule has 212 valence electrons. The van der Waals surface area contributed by atoms with E-state index in [0.717, 1.165) is 56.0 Å². The highest BCUT2D eigenvalue weighted by Gasteiger charge is 2.27. The summed E-state index contributed by atoms with van der Waals surface area (Å²) >= 11 is 0. The van der Waals surface area contributed by atoms with Crippen molar-refractivity contribution in [2.24, 2.45) is 0 Å². The zero-order valence-electron chi connectivity index (χ0n) is 23.7. The summed E-state index contributed by atoms with van der Waals surface area (Å²) in [4.78, 5) is 18.9. The number of aliphatic hydroxyl groups excluding tert-OH is 1. The molecule has 3 aromatic carbocycles. The van der Waals surface area contributed by atoms with Crippen LogP contribution in [0.1, 0.15) is 83.3 Å². The number of carbonyl (C=O) groups excluding carboxylic acids is 1. The van der Waals surface area contributed by atoms with Crippen molar-refractivity contribution in [2.75, 3.05) is 45.9 Å². The second kappa shape index (κ2) is 14.7. The molecular formula is C35H44N2O3. The molecular weight excluding hydrogens is 496 g/mol. The van der Waals surface area contributed by atoms with Crippen LogP contribution in [0.4, 0.5) is 0 Å². The molecule has 5 nitrogen and oxygen atoms in total. The number of rotatable bonds is 12. The fourth-order valence-electron chi connectivity index (χ4n) is 6.19. The molecule has 2 saturated heterocycles. The molecule has 0 saturated carbocycles. The van der Waals surface area contributed by atoms with Gasteiger partial charge in [-0.3, -0.25) is 4.79 Å². The predicted octanol–water partition coefficient (Wildman–Crippen LogP) is 6.22. The van der Waals surface area contributed by atoms with Gasteiger partial charge in [0.15, 0.2) is 5.78 Å². The Kier molecular flexibility index (Phi) is 10.5. The average Bonchev–Trinajstić information content (AvgIpc) is 3.02. The van der Waals surface area contributed by atoms with Crippen LogP contribution in [0.2, 0.25) is 0 Å².